The molecule has 3 rings (SSSR count). The van der Waals surface area contributed by atoms with Gasteiger partial charge in [0.25, 0.3) is 11.6 Å². The van der Waals surface area contributed by atoms with Crippen molar-refractivity contribution in [1.29, 1.82) is 0 Å². The van der Waals surface area contributed by atoms with Crippen LogP contribution in [0.25, 0.3) is 0 Å². The van der Waals surface area contributed by atoms with E-state index in [0.717, 1.165) is 11.3 Å². The summed E-state index contributed by atoms with van der Waals surface area (Å²) in [6.45, 7) is 2.03. The fourth-order valence-corrected chi connectivity index (χ4v) is 3.78. The number of nitro groups is 1. The third-order valence-corrected chi connectivity index (χ3v) is 6.20. The monoisotopic (exact) mass is 582 g/mol. The Labute approximate surface area is 229 Å². The van der Waals surface area contributed by atoms with Gasteiger partial charge in [0, 0.05) is 17.5 Å². The number of carbonyl (C=O) groups excluding carboxylic acids is 4. The van der Waals surface area contributed by atoms with Gasteiger partial charge in [-0.1, -0.05) is 5.16 Å². The molecule has 1 aliphatic heterocycles. The van der Waals surface area contributed by atoms with Gasteiger partial charge in [-0.2, -0.15) is 0 Å². The number of benzene rings is 1. The van der Waals surface area contributed by atoms with Crippen LogP contribution in [-0.4, -0.2) is 74.6 Å². The van der Waals surface area contributed by atoms with Crippen molar-refractivity contribution >= 4 is 63.2 Å². The number of anilines is 1. The maximum absolute atomic E-state index is 13.0. The van der Waals surface area contributed by atoms with E-state index in [9.17, 15) is 34.4 Å². The molecule has 2 aromatic rings. The number of hydrogen-bond acceptors (Lipinski definition) is 12. The molecule has 0 aliphatic carbocycles. The Morgan fingerprint density at radius 1 is 1.31 bits per heavy atom. The number of nitrogens with one attached hydrogen (secondary N) is 3. The summed E-state index contributed by atoms with van der Waals surface area (Å²) in [4.78, 5) is 68.8. The first-order chi connectivity index (χ1) is 18.4. The van der Waals surface area contributed by atoms with E-state index in [0.29, 0.717) is 5.56 Å². The number of ether oxygens (including phenoxy) is 1. The predicted octanol–water partition coefficient (Wildman–Crippen LogP) is 0.447. The zero-order valence-corrected chi connectivity index (χ0v) is 22.1. The number of non-ortho nitro benzene ring substituents is 1. The molecule has 1 aromatic carbocycles. The molecule has 1 aliphatic rings. The van der Waals surface area contributed by atoms with Crippen molar-refractivity contribution in [1.82, 2.24) is 15.6 Å². The summed E-state index contributed by atoms with van der Waals surface area (Å²) >= 11 is 6.44. The fraction of sp³-hybridized carbons (Fsp3) is 0.364. The van der Waals surface area contributed by atoms with Crippen molar-refractivity contribution in [2.45, 2.75) is 38.1 Å². The molecule has 1 saturated heterocycles. The van der Waals surface area contributed by atoms with Gasteiger partial charge >= 0.3 is 5.97 Å². The van der Waals surface area contributed by atoms with Crippen LogP contribution >= 0.6 is 22.9 Å². The van der Waals surface area contributed by atoms with E-state index in [4.69, 9.17) is 21.2 Å². The second kappa shape index (κ2) is 12.6. The third kappa shape index (κ3) is 7.46. The molecule has 2 heterocycles. The first-order valence-corrected chi connectivity index (χ1v) is 12.6. The van der Waals surface area contributed by atoms with Gasteiger partial charge in [0.05, 0.1) is 17.6 Å². The van der Waals surface area contributed by atoms with E-state index < -0.39 is 58.6 Å². The molecular formula is C22H23ClN6O9S. The summed E-state index contributed by atoms with van der Waals surface area (Å²) in [7, 11) is 0. The first-order valence-electron chi connectivity index (χ1n) is 11.2. The van der Waals surface area contributed by atoms with E-state index in [-0.39, 0.29) is 29.0 Å². The molecule has 0 spiro atoms. The highest BCUT2D eigenvalue weighted by Gasteiger charge is 2.41. The molecule has 0 saturated carbocycles. The minimum absolute atomic E-state index is 0.0438. The Morgan fingerprint density at radius 3 is 2.59 bits per heavy atom. The molecule has 2 atom stereocenters. The number of nitro benzene ring substituents is 1. The topological polar surface area (TPSA) is 211 Å². The summed E-state index contributed by atoms with van der Waals surface area (Å²) in [6, 6.07) is 3.64. The lowest BCUT2D eigenvalue weighted by Crippen LogP contribution is -2.70. The molecule has 15 nitrogen and oxygen atoms in total. The number of aliphatic hydroxyl groups is 1. The highest BCUT2D eigenvalue weighted by Crippen LogP contribution is 2.20. The average Bonchev–Trinajstić information content (AvgIpc) is 3.36. The summed E-state index contributed by atoms with van der Waals surface area (Å²) < 4.78 is 5.23. The number of esters is 1. The minimum atomic E-state index is -1.71. The van der Waals surface area contributed by atoms with Crippen LogP contribution in [0.1, 0.15) is 25.1 Å². The van der Waals surface area contributed by atoms with Crippen LogP contribution in [0.4, 0.5) is 10.8 Å². The smallest absolute Gasteiger partial charge is 0.353 e. The van der Waals surface area contributed by atoms with Crippen LogP contribution in [0.5, 0.6) is 0 Å². The number of thiazole rings is 1. The SMILES string of the molecule is CC(C)(ON=C(C(=O)N[C@H]1C(=O)N[C@H]1CO)c1csc(NC(=O)CCl)n1)C(=O)OCc1ccc([N+](=O)[O-])cc1. The van der Waals surface area contributed by atoms with Gasteiger partial charge in [-0.25, -0.2) is 9.78 Å². The highest BCUT2D eigenvalue weighted by atomic mass is 35.5. The minimum Gasteiger partial charge on any atom is -0.458 e. The fourth-order valence-electron chi connectivity index (χ4n) is 3.00. The molecule has 39 heavy (non-hydrogen) atoms. The number of β-lactam (4-membered cyclic amide) rings is 1. The quantitative estimate of drug-likeness (QED) is 0.0677. The van der Waals surface area contributed by atoms with Crippen LogP contribution < -0.4 is 16.0 Å². The lowest BCUT2D eigenvalue weighted by molar-refractivity contribution is -0.384. The standard InChI is InChI=1S/C22H23ClN6O9S/c1-22(2,20(34)37-9-11-3-5-12(6-4-11)29(35)36)38-28-17(14-10-39-21(25-14)26-15(31)7-23)19(33)27-16-13(8-30)24-18(16)32/h3-6,10,13,16,30H,7-9H2,1-2H3,(H,24,32)(H,27,33)(H,25,26,31)/t13-,16+/m0/s1. The maximum atomic E-state index is 13.0. The molecule has 0 bridgehead atoms. The van der Waals surface area contributed by atoms with Gasteiger partial charge in [0.15, 0.2) is 10.8 Å². The molecule has 208 valence electrons. The molecule has 3 amide bonds. The average molecular weight is 583 g/mol. The molecule has 1 aromatic heterocycles. The second-order valence-electron chi connectivity index (χ2n) is 8.51. The summed E-state index contributed by atoms with van der Waals surface area (Å²) in [5.41, 5.74) is -1.81. The number of carbonyl (C=O) groups is 4. The van der Waals surface area contributed by atoms with E-state index in [1.807, 2.05) is 0 Å². The van der Waals surface area contributed by atoms with Crippen LogP contribution in [0.15, 0.2) is 34.8 Å². The van der Waals surface area contributed by atoms with Gasteiger partial charge in [0.1, 0.15) is 24.2 Å². The zero-order valence-electron chi connectivity index (χ0n) is 20.5. The molecule has 17 heteroatoms. The van der Waals surface area contributed by atoms with E-state index >= 15 is 0 Å². The van der Waals surface area contributed by atoms with Crippen molar-refractivity contribution in [3.05, 3.63) is 51.0 Å². The third-order valence-electron chi connectivity index (χ3n) is 5.20. The molecule has 0 unspecified atom stereocenters. The normalized spacial score (nSPS) is 16.9. The van der Waals surface area contributed by atoms with Gasteiger partial charge in [-0.05, 0) is 31.5 Å². The van der Waals surface area contributed by atoms with Crippen LogP contribution in [0, 0.1) is 10.1 Å². The lowest BCUT2D eigenvalue weighted by atomic mass is 9.99. The summed E-state index contributed by atoms with van der Waals surface area (Å²) in [6.07, 6.45) is 0. The van der Waals surface area contributed by atoms with Crippen molar-refractivity contribution in [2.75, 3.05) is 17.8 Å². The number of oxime groups is 1. The van der Waals surface area contributed by atoms with Crippen LogP contribution in [0.3, 0.4) is 0 Å². The molecule has 0 radical (unpaired) electrons. The number of amides is 3. The number of aromatic nitrogens is 1. The lowest BCUT2D eigenvalue weighted by Gasteiger charge is -2.35. The largest absolute Gasteiger partial charge is 0.458 e. The van der Waals surface area contributed by atoms with Crippen molar-refractivity contribution in [3.8, 4) is 0 Å². The van der Waals surface area contributed by atoms with Gasteiger partial charge in [-0.15, -0.1) is 22.9 Å². The van der Waals surface area contributed by atoms with Crippen LogP contribution in [0.2, 0.25) is 0 Å². The van der Waals surface area contributed by atoms with Gasteiger partial charge in [-0.3, -0.25) is 24.5 Å². The number of nitrogens with zero attached hydrogens (tertiary/aromatic N) is 3. The van der Waals surface area contributed by atoms with Crippen molar-refractivity contribution in [2.24, 2.45) is 5.16 Å². The number of rotatable bonds is 12. The summed E-state index contributed by atoms with van der Waals surface area (Å²) in [5.74, 6) is -3.15. The highest BCUT2D eigenvalue weighted by molar-refractivity contribution is 7.14. The van der Waals surface area contributed by atoms with Crippen LogP contribution in [-0.2, 0) is 35.4 Å². The number of alkyl halides is 1. The van der Waals surface area contributed by atoms with E-state index in [2.05, 4.69) is 26.1 Å². The Bertz CT molecular complexity index is 1300. The maximum Gasteiger partial charge on any atom is 0.353 e. The van der Waals surface area contributed by atoms with Gasteiger partial charge < -0.3 is 30.6 Å². The number of aliphatic hydroxyl groups excluding tert-OH is 1. The number of halogens is 1. The van der Waals surface area contributed by atoms with Crippen molar-refractivity contribution < 1.29 is 38.8 Å². The zero-order chi connectivity index (χ0) is 28.7. The first kappa shape index (κ1) is 29.4. The number of hydrogen-bond donors (Lipinski definition) is 4. The molecule has 4 N–H and O–H groups in total. The Morgan fingerprint density at radius 2 is 2.00 bits per heavy atom. The Hall–Kier alpha value is -4.15. The Kier molecular flexibility index (Phi) is 9.50. The van der Waals surface area contributed by atoms with E-state index in [1.54, 1.807) is 0 Å². The Balaban J connectivity index is 1.75. The van der Waals surface area contributed by atoms with Crippen molar-refractivity contribution in [3.63, 3.8) is 0 Å². The van der Waals surface area contributed by atoms with Gasteiger partial charge in [0.2, 0.25) is 17.4 Å². The molecule has 1 fully saturated rings. The predicted molar refractivity (Wildman–Crippen MR) is 137 cm³/mol. The molecular weight excluding hydrogens is 560 g/mol. The van der Waals surface area contributed by atoms with E-state index in [1.165, 1.54) is 43.5 Å². The second-order valence-corrected chi connectivity index (χ2v) is 9.64. The summed E-state index contributed by atoms with van der Waals surface area (Å²) in [5, 5.41) is 32.7.